The lowest BCUT2D eigenvalue weighted by Gasteiger charge is -2.47. The molecule has 3 aliphatic heterocycles. The fourth-order valence-corrected chi connectivity index (χ4v) is 9.32. The number of likely N-dealkylation sites (tertiary alicyclic amines) is 2. The number of hydrogen-bond acceptors (Lipinski definition) is 12. The van der Waals surface area contributed by atoms with Crippen LogP contribution in [0.4, 0.5) is 4.39 Å². The maximum atomic E-state index is 15.1. The van der Waals surface area contributed by atoms with Crippen molar-refractivity contribution in [3.05, 3.63) is 29.6 Å². The van der Waals surface area contributed by atoms with E-state index in [1.165, 1.54) is 70.3 Å². The van der Waals surface area contributed by atoms with Crippen LogP contribution in [0.25, 0.3) is 0 Å². The number of benzene rings is 1. The molecule has 57 heavy (non-hydrogen) atoms. The highest BCUT2D eigenvalue weighted by Gasteiger charge is 2.35. The summed E-state index contributed by atoms with van der Waals surface area (Å²) in [5.41, 5.74) is 0.334. The largest absolute Gasteiger partial charge is 0.493 e. The number of nitrogens with one attached hydrogen (secondary N) is 2. The van der Waals surface area contributed by atoms with Crippen LogP contribution in [-0.2, 0) is 16.0 Å². The molecule has 7 atom stereocenters. The minimum atomic E-state index is -1.67. The molecule has 3 saturated heterocycles. The van der Waals surface area contributed by atoms with Crippen LogP contribution < -0.4 is 15.4 Å². The van der Waals surface area contributed by atoms with E-state index >= 15 is 4.39 Å². The molecule has 4 fully saturated rings. The van der Waals surface area contributed by atoms with Crippen molar-refractivity contribution in [3.63, 3.8) is 0 Å². The van der Waals surface area contributed by atoms with E-state index in [9.17, 15) is 25.2 Å². The van der Waals surface area contributed by atoms with Gasteiger partial charge in [-0.1, -0.05) is 51.0 Å². The fourth-order valence-electron chi connectivity index (χ4n) is 9.32. The van der Waals surface area contributed by atoms with Crippen molar-refractivity contribution in [3.8, 4) is 5.75 Å². The lowest BCUT2D eigenvalue weighted by Crippen LogP contribution is -2.65. The van der Waals surface area contributed by atoms with Crippen molar-refractivity contribution in [2.75, 3.05) is 78.7 Å². The second-order valence-corrected chi connectivity index (χ2v) is 17.2. The second-order valence-electron chi connectivity index (χ2n) is 17.2. The average Bonchev–Trinajstić information content (AvgIpc) is 3.69. The van der Waals surface area contributed by atoms with Gasteiger partial charge in [-0.2, -0.15) is 0 Å². The highest BCUT2D eigenvalue weighted by molar-refractivity contribution is 5.79. The fraction of sp³-hybridized carbons (Fsp3) is 0.837. The Morgan fingerprint density at radius 1 is 0.912 bits per heavy atom. The summed E-state index contributed by atoms with van der Waals surface area (Å²) in [6.07, 6.45) is 10.4. The number of aliphatic hydroxyl groups excluding tert-OH is 5. The molecule has 14 heteroatoms. The van der Waals surface area contributed by atoms with Gasteiger partial charge in [0.2, 0.25) is 5.91 Å². The summed E-state index contributed by atoms with van der Waals surface area (Å²) in [4.78, 5) is 20.0. The summed E-state index contributed by atoms with van der Waals surface area (Å²) in [5.74, 6) is 1.50. The Labute approximate surface area is 340 Å². The van der Waals surface area contributed by atoms with E-state index in [1.807, 2.05) is 0 Å². The molecule has 3 heterocycles. The van der Waals surface area contributed by atoms with E-state index in [1.54, 1.807) is 17.0 Å². The first-order valence-electron chi connectivity index (χ1n) is 22.2. The van der Waals surface area contributed by atoms with Gasteiger partial charge in [-0.15, -0.1) is 0 Å². The van der Waals surface area contributed by atoms with Gasteiger partial charge in [0.25, 0.3) is 0 Å². The van der Waals surface area contributed by atoms with E-state index in [0.717, 1.165) is 64.5 Å². The number of halogens is 1. The number of aliphatic hydroxyl groups is 5. The number of carbonyl (C=O) groups excluding carboxylic acids is 1. The molecule has 1 amide bonds. The standard InChI is InChI=1S/C43H74FN5O8/c1-2-56-36-26-46-43(49(29-36)21-16-31-9-6-4-3-5-7-10-31)47-18-14-32(15-19-47)11-8-22-57-35-13-12-34(37(44)24-35)23-40(53)48-20-17-33(28-48)25-45-27-38(51)41(54)42(55)39(52)30-50/h12-13,24,31-33,36,38-39,41-43,45-46,50-52,54-55H,2-11,14-23,25-30H2,1H3/t33-,36?,38-,39+,41+,42+,43?/m0/s1. The summed E-state index contributed by atoms with van der Waals surface area (Å²) in [7, 11) is 0. The normalized spacial score (nSPS) is 25.8. The Bertz CT molecular complexity index is 1300. The molecule has 1 aliphatic carbocycles. The van der Waals surface area contributed by atoms with E-state index in [0.29, 0.717) is 43.5 Å². The number of ether oxygens (including phenoxy) is 2. The van der Waals surface area contributed by atoms with Gasteiger partial charge >= 0.3 is 0 Å². The number of rotatable bonds is 21. The predicted octanol–water partition coefficient (Wildman–Crippen LogP) is 2.46. The van der Waals surface area contributed by atoms with Gasteiger partial charge in [0, 0.05) is 65.0 Å². The van der Waals surface area contributed by atoms with Crippen molar-refractivity contribution in [2.45, 2.75) is 134 Å². The highest BCUT2D eigenvalue weighted by atomic mass is 19.1. The first kappa shape index (κ1) is 46.1. The van der Waals surface area contributed by atoms with Crippen molar-refractivity contribution in [1.29, 1.82) is 0 Å². The Kier molecular flexibility index (Phi) is 19.7. The minimum absolute atomic E-state index is 0.0341. The number of piperidine rings is 1. The van der Waals surface area contributed by atoms with Gasteiger partial charge in [0.15, 0.2) is 0 Å². The Morgan fingerprint density at radius 3 is 2.33 bits per heavy atom. The maximum Gasteiger partial charge on any atom is 0.227 e. The van der Waals surface area contributed by atoms with E-state index in [2.05, 4.69) is 27.4 Å². The quantitative estimate of drug-likeness (QED) is 0.0908. The lowest BCUT2D eigenvalue weighted by atomic mass is 9.88. The highest BCUT2D eigenvalue weighted by Crippen LogP contribution is 2.28. The van der Waals surface area contributed by atoms with Crippen LogP contribution in [0.5, 0.6) is 5.75 Å². The van der Waals surface area contributed by atoms with E-state index in [-0.39, 0.29) is 37.2 Å². The molecule has 7 N–H and O–H groups in total. The maximum absolute atomic E-state index is 15.1. The van der Waals surface area contributed by atoms with Crippen molar-refractivity contribution >= 4 is 5.91 Å². The molecular formula is C43H74FN5O8. The molecule has 0 aromatic heterocycles. The smallest absolute Gasteiger partial charge is 0.227 e. The molecule has 1 aromatic carbocycles. The van der Waals surface area contributed by atoms with Crippen molar-refractivity contribution in [1.82, 2.24) is 25.3 Å². The number of nitrogens with zero attached hydrogens (tertiary/aromatic N) is 3. The molecule has 5 rings (SSSR count). The first-order valence-corrected chi connectivity index (χ1v) is 22.2. The molecule has 2 unspecified atom stereocenters. The van der Waals surface area contributed by atoms with Gasteiger partial charge in [-0.3, -0.25) is 19.9 Å². The van der Waals surface area contributed by atoms with Gasteiger partial charge in [-0.25, -0.2) is 4.39 Å². The molecule has 0 bridgehead atoms. The monoisotopic (exact) mass is 808 g/mol. The number of hydrogen-bond donors (Lipinski definition) is 7. The molecule has 13 nitrogen and oxygen atoms in total. The number of carbonyl (C=O) groups is 1. The second kappa shape index (κ2) is 24.3. The molecule has 1 saturated carbocycles. The average molecular weight is 808 g/mol. The molecular weight excluding hydrogens is 733 g/mol. The van der Waals surface area contributed by atoms with Crippen molar-refractivity contribution in [2.24, 2.45) is 17.8 Å². The van der Waals surface area contributed by atoms with Crippen LogP contribution in [-0.4, -0.2) is 162 Å². The molecule has 4 aliphatic rings. The molecule has 326 valence electrons. The third-order valence-corrected chi connectivity index (χ3v) is 12.9. The van der Waals surface area contributed by atoms with Crippen LogP contribution >= 0.6 is 0 Å². The summed E-state index contributed by atoms with van der Waals surface area (Å²) in [6, 6.07) is 4.76. The molecule has 0 spiro atoms. The Balaban J connectivity index is 0.966. The van der Waals surface area contributed by atoms with Crippen LogP contribution in [0.2, 0.25) is 0 Å². The van der Waals surface area contributed by atoms with Gasteiger partial charge < -0.3 is 45.2 Å². The van der Waals surface area contributed by atoms with Crippen molar-refractivity contribution < 1.29 is 44.2 Å². The van der Waals surface area contributed by atoms with Gasteiger partial charge in [-0.05, 0) is 81.4 Å². The summed E-state index contributed by atoms with van der Waals surface area (Å²) in [6.45, 7) is 9.32. The zero-order valence-electron chi connectivity index (χ0n) is 34.5. The summed E-state index contributed by atoms with van der Waals surface area (Å²) in [5, 5.41) is 55.2. The topological polar surface area (TPSA) is 170 Å². The van der Waals surface area contributed by atoms with Gasteiger partial charge in [0.1, 0.15) is 36.2 Å². The molecule has 0 radical (unpaired) electrons. The third-order valence-electron chi connectivity index (χ3n) is 12.9. The zero-order valence-corrected chi connectivity index (χ0v) is 34.5. The Morgan fingerprint density at radius 2 is 1.61 bits per heavy atom. The van der Waals surface area contributed by atoms with Crippen LogP contribution in [0, 0.1) is 23.6 Å². The van der Waals surface area contributed by atoms with Crippen LogP contribution in [0.15, 0.2) is 18.2 Å². The number of amides is 1. The lowest BCUT2D eigenvalue weighted by molar-refractivity contribution is -0.129. The SMILES string of the molecule is CCOC1CNC(N2CCC(CCCOc3ccc(CC(=O)N4CC[C@@H](CNC[C@H](O)[C@@H](O)[C@H](O)[C@H](O)CO)C4)c(F)c3)CC2)N(CCC2CCCCCCC2)C1. The Hall–Kier alpha value is -1.98. The van der Waals surface area contributed by atoms with Crippen LogP contribution in [0.3, 0.4) is 0 Å². The molecule has 1 aromatic rings. The zero-order chi connectivity index (χ0) is 40.6. The minimum Gasteiger partial charge on any atom is -0.493 e. The van der Waals surface area contributed by atoms with Gasteiger partial charge in [0.05, 0.1) is 31.8 Å². The summed E-state index contributed by atoms with van der Waals surface area (Å²) < 4.78 is 27.1. The van der Waals surface area contributed by atoms with E-state index in [4.69, 9.17) is 14.6 Å². The summed E-state index contributed by atoms with van der Waals surface area (Å²) >= 11 is 0. The predicted molar refractivity (Wildman–Crippen MR) is 217 cm³/mol. The first-order chi connectivity index (χ1) is 27.6. The van der Waals surface area contributed by atoms with E-state index < -0.39 is 36.8 Å². The van der Waals surface area contributed by atoms with Crippen LogP contribution in [0.1, 0.15) is 96.0 Å². The third kappa shape index (κ3) is 14.6.